The first kappa shape index (κ1) is 16.5. The van der Waals surface area contributed by atoms with Gasteiger partial charge in [-0.05, 0) is 30.7 Å². The van der Waals surface area contributed by atoms with Gasteiger partial charge in [0.2, 0.25) is 0 Å². The molecule has 1 unspecified atom stereocenters. The number of aromatic hydroxyl groups is 1. The lowest BCUT2D eigenvalue weighted by Gasteiger charge is -2.18. The highest BCUT2D eigenvalue weighted by Gasteiger charge is 2.24. The Morgan fingerprint density at radius 1 is 1.13 bits per heavy atom. The van der Waals surface area contributed by atoms with Crippen molar-refractivity contribution in [3.8, 4) is 17.2 Å². The lowest BCUT2D eigenvalue weighted by Crippen LogP contribution is -2.11. The predicted molar refractivity (Wildman–Crippen MR) is 85.6 cm³/mol. The topological polar surface area (TPSA) is 72.8 Å². The van der Waals surface area contributed by atoms with Crippen LogP contribution in [0.5, 0.6) is 17.2 Å². The molecule has 5 heteroatoms. The van der Waals surface area contributed by atoms with E-state index >= 15 is 0 Å². The molecule has 0 bridgehead atoms. The highest BCUT2D eigenvalue weighted by molar-refractivity contribution is 5.90. The summed E-state index contributed by atoms with van der Waals surface area (Å²) >= 11 is 0. The number of ketones is 1. The fourth-order valence-electron chi connectivity index (χ4n) is 2.57. The normalized spacial score (nSPS) is 11.6. The number of benzene rings is 2. The van der Waals surface area contributed by atoms with E-state index in [1.807, 2.05) is 0 Å². The number of hydrogen-bond acceptors (Lipinski definition) is 5. The lowest BCUT2D eigenvalue weighted by atomic mass is 9.86. The highest BCUT2D eigenvalue weighted by Crippen LogP contribution is 2.37. The molecule has 0 aliphatic carbocycles. The Morgan fingerprint density at radius 3 is 2.39 bits per heavy atom. The van der Waals surface area contributed by atoms with Crippen LogP contribution in [0, 0.1) is 0 Å². The van der Waals surface area contributed by atoms with Crippen LogP contribution >= 0.6 is 0 Å². The maximum absolute atomic E-state index is 12.2. The number of para-hydroxylation sites is 1. The molecular weight excluding hydrogens is 296 g/mol. The van der Waals surface area contributed by atoms with Gasteiger partial charge in [-0.3, -0.25) is 9.59 Å². The molecule has 1 atom stereocenters. The summed E-state index contributed by atoms with van der Waals surface area (Å²) in [5.74, 6) is -0.00513. The fraction of sp³-hybridized carbons (Fsp3) is 0.222. The largest absolute Gasteiger partial charge is 0.507 e. The van der Waals surface area contributed by atoms with Crippen molar-refractivity contribution in [2.45, 2.75) is 12.8 Å². The van der Waals surface area contributed by atoms with Gasteiger partial charge in [0, 0.05) is 5.56 Å². The van der Waals surface area contributed by atoms with Gasteiger partial charge >= 0.3 is 0 Å². The zero-order valence-corrected chi connectivity index (χ0v) is 13.2. The van der Waals surface area contributed by atoms with E-state index in [0.717, 1.165) is 0 Å². The van der Waals surface area contributed by atoms with E-state index in [4.69, 9.17) is 9.47 Å². The number of phenolic OH excluding ortho intramolecular Hbond substituents is 1. The van der Waals surface area contributed by atoms with Crippen molar-refractivity contribution in [2.75, 3.05) is 14.2 Å². The van der Waals surface area contributed by atoms with Crippen molar-refractivity contribution in [1.29, 1.82) is 0 Å². The van der Waals surface area contributed by atoms with Crippen molar-refractivity contribution in [1.82, 2.24) is 0 Å². The van der Waals surface area contributed by atoms with Crippen LogP contribution in [0.15, 0.2) is 36.4 Å². The molecule has 2 rings (SSSR count). The summed E-state index contributed by atoms with van der Waals surface area (Å²) in [4.78, 5) is 23.2. The van der Waals surface area contributed by atoms with Crippen LogP contribution in [0.25, 0.3) is 0 Å². The minimum Gasteiger partial charge on any atom is -0.507 e. The van der Waals surface area contributed by atoms with Gasteiger partial charge in [-0.25, -0.2) is 0 Å². The number of carbonyl (C=O) groups is 2. The van der Waals surface area contributed by atoms with Gasteiger partial charge in [-0.2, -0.15) is 0 Å². The maximum Gasteiger partial charge on any atom is 0.161 e. The van der Waals surface area contributed by atoms with E-state index in [1.165, 1.54) is 27.2 Å². The summed E-state index contributed by atoms with van der Waals surface area (Å²) in [7, 11) is 3.04. The van der Waals surface area contributed by atoms with E-state index in [1.54, 1.807) is 30.3 Å². The lowest BCUT2D eigenvalue weighted by molar-refractivity contribution is -0.117. The van der Waals surface area contributed by atoms with Crippen LogP contribution in [0.4, 0.5) is 0 Å². The van der Waals surface area contributed by atoms with Crippen molar-refractivity contribution in [3.05, 3.63) is 53.1 Å². The standard InChI is InChI=1S/C18H18O5/c1-11(20)17(14-6-4-5-13(10-19)18(14)21)12-7-8-15(22-2)16(9-12)23-3/h4-10,17,21H,1-3H3. The molecule has 2 aromatic carbocycles. The first-order valence-corrected chi connectivity index (χ1v) is 7.02. The summed E-state index contributed by atoms with van der Waals surface area (Å²) in [6.07, 6.45) is 0.560. The van der Waals surface area contributed by atoms with E-state index in [2.05, 4.69) is 0 Å². The van der Waals surface area contributed by atoms with Gasteiger partial charge in [0.15, 0.2) is 17.8 Å². The van der Waals surface area contributed by atoms with Gasteiger partial charge < -0.3 is 14.6 Å². The highest BCUT2D eigenvalue weighted by atomic mass is 16.5. The summed E-state index contributed by atoms with van der Waals surface area (Å²) < 4.78 is 10.5. The molecule has 0 saturated carbocycles. The summed E-state index contributed by atoms with van der Waals surface area (Å²) in [5.41, 5.74) is 1.18. The van der Waals surface area contributed by atoms with Crippen LogP contribution in [0.2, 0.25) is 0 Å². The molecule has 0 amide bonds. The second-order valence-corrected chi connectivity index (χ2v) is 5.06. The van der Waals surface area contributed by atoms with Crippen LogP contribution in [-0.2, 0) is 4.79 Å². The summed E-state index contributed by atoms with van der Waals surface area (Å²) in [6, 6.07) is 9.89. The second-order valence-electron chi connectivity index (χ2n) is 5.06. The van der Waals surface area contributed by atoms with E-state index in [-0.39, 0.29) is 17.1 Å². The van der Waals surface area contributed by atoms with Crippen molar-refractivity contribution in [3.63, 3.8) is 0 Å². The second kappa shape index (κ2) is 6.96. The zero-order chi connectivity index (χ0) is 17.0. The summed E-state index contributed by atoms with van der Waals surface area (Å²) in [5, 5.41) is 10.3. The van der Waals surface area contributed by atoms with Gasteiger partial charge in [0.1, 0.15) is 11.5 Å². The van der Waals surface area contributed by atoms with E-state index in [0.29, 0.717) is 28.9 Å². The number of Topliss-reactive ketones (excluding diaryl/α,β-unsaturated/α-hetero) is 1. The average Bonchev–Trinajstić information content (AvgIpc) is 2.56. The molecule has 1 N–H and O–H groups in total. The smallest absolute Gasteiger partial charge is 0.161 e. The molecule has 23 heavy (non-hydrogen) atoms. The number of phenols is 1. The van der Waals surface area contributed by atoms with E-state index < -0.39 is 5.92 Å². The molecule has 0 aliphatic rings. The fourth-order valence-corrected chi connectivity index (χ4v) is 2.57. The SMILES string of the molecule is COc1ccc(C(C(C)=O)c2cccc(C=O)c2O)cc1OC. The third-order valence-electron chi connectivity index (χ3n) is 3.68. The molecule has 120 valence electrons. The first-order valence-electron chi connectivity index (χ1n) is 7.02. The van der Waals surface area contributed by atoms with Crippen LogP contribution < -0.4 is 9.47 Å². The Hall–Kier alpha value is -2.82. The van der Waals surface area contributed by atoms with Crippen LogP contribution in [0.1, 0.15) is 34.3 Å². The Kier molecular flexibility index (Phi) is 5.01. The van der Waals surface area contributed by atoms with Gasteiger partial charge in [0.25, 0.3) is 0 Å². The van der Waals surface area contributed by atoms with Gasteiger partial charge in [-0.15, -0.1) is 0 Å². The minimum absolute atomic E-state index is 0.147. The quantitative estimate of drug-likeness (QED) is 0.830. The third-order valence-corrected chi connectivity index (χ3v) is 3.68. The molecule has 0 radical (unpaired) electrons. The molecule has 5 nitrogen and oxygen atoms in total. The number of ether oxygens (including phenoxy) is 2. The molecule has 0 fully saturated rings. The van der Waals surface area contributed by atoms with E-state index in [9.17, 15) is 14.7 Å². The molecule has 0 aromatic heterocycles. The average molecular weight is 314 g/mol. The van der Waals surface area contributed by atoms with Crippen LogP contribution in [0.3, 0.4) is 0 Å². The molecule has 0 saturated heterocycles. The van der Waals surface area contributed by atoms with Crippen molar-refractivity contribution in [2.24, 2.45) is 0 Å². The van der Waals surface area contributed by atoms with Gasteiger partial charge in [0.05, 0.1) is 25.7 Å². The number of aldehydes is 1. The molecule has 0 aliphatic heterocycles. The minimum atomic E-state index is -0.699. The van der Waals surface area contributed by atoms with Crippen LogP contribution in [-0.4, -0.2) is 31.4 Å². The molecular formula is C18H18O5. The Morgan fingerprint density at radius 2 is 1.83 bits per heavy atom. The Labute approximate surface area is 134 Å². The summed E-state index contributed by atoms with van der Waals surface area (Å²) in [6.45, 7) is 1.44. The monoisotopic (exact) mass is 314 g/mol. The van der Waals surface area contributed by atoms with Crippen molar-refractivity contribution < 1.29 is 24.2 Å². The molecule has 2 aromatic rings. The van der Waals surface area contributed by atoms with Gasteiger partial charge in [-0.1, -0.05) is 18.2 Å². The number of rotatable bonds is 6. The Balaban J connectivity index is 2.60. The zero-order valence-electron chi connectivity index (χ0n) is 13.2. The molecule has 0 spiro atoms. The number of carbonyl (C=O) groups excluding carboxylic acids is 2. The number of methoxy groups -OCH3 is 2. The predicted octanol–water partition coefficient (Wildman–Crippen LogP) is 2.94. The number of hydrogen-bond donors (Lipinski definition) is 1. The molecule has 0 heterocycles. The Bertz CT molecular complexity index is 736. The maximum atomic E-state index is 12.2. The first-order chi connectivity index (χ1) is 11.0. The third kappa shape index (κ3) is 3.18. The van der Waals surface area contributed by atoms with Crippen molar-refractivity contribution >= 4 is 12.1 Å².